The second-order valence-electron chi connectivity index (χ2n) is 10.9. The fourth-order valence-corrected chi connectivity index (χ4v) is 7.36. The molecule has 6 rings (SSSR count). The van der Waals surface area contributed by atoms with Gasteiger partial charge in [-0.05, 0) is 84.2 Å². The summed E-state index contributed by atoms with van der Waals surface area (Å²) in [6, 6.07) is 18.7. The zero-order chi connectivity index (χ0) is 27.7. The van der Waals surface area contributed by atoms with Gasteiger partial charge in [0.2, 0.25) is 0 Å². The third-order valence-electron chi connectivity index (χ3n) is 8.15. The Morgan fingerprint density at radius 1 is 0.925 bits per heavy atom. The van der Waals surface area contributed by atoms with Crippen LogP contribution in [0.15, 0.2) is 54.6 Å². The lowest BCUT2D eigenvalue weighted by Crippen LogP contribution is -2.30. The van der Waals surface area contributed by atoms with E-state index in [2.05, 4.69) is 30.3 Å². The lowest BCUT2D eigenvalue weighted by atomic mass is 9.95. The summed E-state index contributed by atoms with van der Waals surface area (Å²) in [7, 11) is -1.51. The first kappa shape index (κ1) is 26.7. The normalized spacial score (nSPS) is 19.4. The Balaban J connectivity index is 1.15. The molecular formula is C32H34O7S. The molecule has 1 saturated heterocycles. The fraction of sp³-hybridized carbons (Fsp3) is 0.406. The molecule has 3 aliphatic rings. The number of carbonyl (C=O) groups excluding carboxylic acids is 1. The van der Waals surface area contributed by atoms with Crippen LogP contribution in [0.1, 0.15) is 53.9 Å². The highest BCUT2D eigenvalue weighted by Crippen LogP contribution is 2.39. The monoisotopic (exact) mass is 562 g/mol. The quantitative estimate of drug-likeness (QED) is 0.356. The molecule has 0 radical (unpaired) electrons. The minimum absolute atomic E-state index is 0.00544. The number of aryl methyl sites for hydroxylation is 2. The average molecular weight is 563 g/mol. The fourth-order valence-electron chi connectivity index (χ4n) is 5.91. The third kappa shape index (κ3) is 5.82. The first-order valence-corrected chi connectivity index (χ1v) is 15.8. The summed E-state index contributed by atoms with van der Waals surface area (Å²) in [4.78, 5) is 11.7. The van der Waals surface area contributed by atoms with Gasteiger partial charge in [-0.15, -0.1) is 0 Å². The van der Waals surface area contributed by atoms with Crippen LogP contribution >= 0.6 is 0 Å². The topological polar surface area (TPSA) is 88.1 Å². The molecule has 1 aliphatic carbocycles. The van der Waals surface area contributed by atoms with E-state index in [-0.39, 0.29) is 29.5 Å². The van der Waals surface area contributed by atoms with E-state index in [1.807, 2.05) is 24.3 Å². The molecule has 2 aliphatic heterocycles. The lowest BCUT2D eigenvalue weighted by Gasteiger charge is -2.24. The lowest BCUT2D eigenvalue weighted by molar-refractivity contribution is -0.141. The third-order valence-corrected chi connectivity index (χ3v) is 9.86. The first-order valence-electron chi connectivity index (χ1n) is 14.0. The smallest absolute Gasteiger partial charge is 0.306 e. The molecule has 0 N–H and O–H groups in total. The zero-order valence-corrected chi connectivity index (χ0v) is 23.5. The van der Waals surface area contributed by atoms with Gasteiger partial charge in [-0.2, -0.15) is 0 Å². The highest BCUT2D eigenvalue weighted by atomic mass is 32.2. The number of rotatable bonds is 7. The number of carbonyl (C=O) groups is 1. The second kappa shape index (κ2) is 11.2. The molecule has 7 nitrogen and oxygen atoms in total. The second-order valence-corrected chi connectivity index (χ2v) is 13.2. The van der Waals surface area contributed by atoms with Gasteiger partial charge in [-0.25, -0.2) is 8.42 Å². The maximum absolute atomic E-state index is 11.8. The molecule has 0 amide bonds. The van der Waals surface area contributed by atoms with Crippen LogP contribution in [0.4, 0.5) is 0 Å². The molecular weight excluding hydrogens is 528 g/mol. The largest absolute Gasteiger partial charge is 0.492 e. The van der Waals surface area contributed by atoms with E-state index < -0.39 is 9.84 Å². The molecule has 1 atom stereocenters. The number of benzene rings is 3. The van der Waals surface area contributed by atoms with Gasteiger partial charge in [0.05, 0.1) is 31.6 Å². The zero-order valence-electron chi connectivity index (χ0n) is 22.7. The summed E-state index contributed by atoms with van der Waals surface area (Å²) < 4.78 is 46.5. The van der Waals surface area contributed by atoms with Crippen molar-refractivity contribution in [3.63, 3.8) is 0 Å². The highest BCUT2D eigenvalue weighted by Gasteiger charge is 2.28. The van der Waals surface area contributed by atoms with Gasteiger partial charge in [0.15, 0.2) is 9.84 Å². The maximum Gasteiger partial charge on any atom is 0.306 e. The van der Waals surface area contributed by atoms with E-state index in [0.29, 0.717) is 32.5 Å². The number of ether oxygens (including phenoxy) is 4. The number of hydrogen-bond donors (Lipinski definition) is 0. The summed E-state index contributed by atoms with van der Waals surface area (Å²) in [5.74, 6) is 2.48. The molecule has 40 heavy (non-hydrogen) atoms. The Morgan fingerprint density at radius 3 is 2.55 bits per heavy atom. The van der Waals surface area contributed by atoms with Gasteiger partial charge in [0.25, 0.3) is 0 Å². The average Bonchev–Trinajstić information content (AvgIpc) is 3.25. The number of hydrogen-bond acceptors (Lipinski definition) is 7. The molecule has 210 valence electrons. The van der Waals surface area contributed by atoms with Gasteiger partial charge in [-0.1, -0.05) is 24.3 Å². The standard InChI is InChI=1S/C32H34O7S/c1-36-32(33)17-24-20-38-31-18-26(7-10-29(24)31)37-19-21-5-6-22-3-2-4-23-16-27(8-9-28(23)30(22)15-21)39-25-11-13-40(34,35)14-12-25/h5-10,15-16,18,24-25H,2-4,11-14,17,19-20H2,1H3/t24-/m1/s1. The molecule has 8 heteroatoms. The van der Waals surface area contributed by atoms with Crippen molar-refractivity contribution in [1.82, 2.24) is 0 Å². The minimum atomic E-state index is -2.91. The van der Waals surface area contributed by atoms with Crippen LogP contribution in [-0.4, -0.2) is 45.7 Å². The van der Waals surface area contributed by atoms with Crippen LogP contribution in [-0.2, 0) is 38.8 Å². The number of fused-ring (bicyclic) bond motifs is 4. The van der Waals surface area contributed by atoms with Gasteiger partial charge in [0, 0.05) is 17.5 Å². The first-order chi connectivity index (χ1) is 19.4. The predicted octanol–water partition coefficient (Wildman–Crippen LogP) is 5.42. The molecule has 0 unspecified atom stereocenters. The molecule has 2 heterocycles. The number of sulfone groups is 1. The number of esters is 1. The van der Waals surface area contributed by atoms with Gasteiger partial charge >= 0.3 is 5.97 Å². The van der Waals surface area contributed by atoms with E-state index in [0.717, 1.165) is 47.6 Å². The minimum Gasteiger partial charge on any atom is -0.492 e. The van der Waals surface area contributed by atoms with Gasteiger partial charge in [-0.3, -0.25) is 4.79 Å². The highest BCUT2D eigenvalue weighted by molar-refractivity contribution is 7.91. The summed E-state index contributed by atoms with van der Waals surface area (Å²) in [6.45, 7) is 0.895. The number of methoxy groups -OCH3 is 1. The summed E-state index contributed by atoms with van der Waals surface area (Å²) in [5.41, 5.74) is 7.13. The molecule has 1 fully saturated rings. The van der Waals surface area contributed by atoms with Crippen LogP contribution in [0.5, 0.6) is 17.2 Å². The molecule has 0 spiro atoms. The van der Waals surface area contributed by atoms with Crippen molar-refractivity contribution in [3.05, 3.63) is 76.9 Å². The van der Waals surface area contributed by atoms with E-state index in [4.69, 9.17) is 18.9 Å². The maximum atomic E-state index is 11.8. The van der Waals surface area contributed by atoms with E-state index in [1.165, 1.54) is 29.4 Å². The van der Waals surface area contributed by atoms with Crippen LogP contribution in [0.3, 0.4) is 0 Å². The van der Waals surface area contributed by atoms with Crippen molar-refractivity contribution in [1.29, 1.82) is 0 Å². The summed E-state index contributed by atoms with van der Waals surface area (Å²) in [5, 5.41) is 0. The van der Waals surface area contributed by atoms with Crippen molar-refractivity contribution in [2.75, 3.05) is 25.2 Å². The Hall–Kier alpha value is -3.52. The van der Waals surface area contributed by atoms with Crippen LogP contribution < -0.4 is 14.2 Å². The van der Waals surface area contributed by atoms with E-state index >= 15 is 0 Å². The molecule has 0 saturated carbocycles. The van der Waals surface area contributed by atoms with Crippen LogP contribution in [0.25, 0.3) is 11.1 Å². The van der Waals surface area contributed by atoms with Crippen molar-refractivity contribution in [3.8, 4) is 28.4 Å². The van der Waals surface area contributed by atoms with Crippen molar-refractivity contribution in [2.45, 2.75) is 57.2 Å². The molecule has 0 bridgehead atoms. The van der Waals surface area contributed by atoms with Crippen molar-refractivity contribution < 1.29 is 32.2 Å². The van der Waals surface area contributed by atoms with Crippen molar-refractivity contribution >= 4 is 15.8 Å². The van der Waals surface area contributed by atoms with Crippen LogP contribution in [0, 0.1) is 0 Å². The molecule has 0 aromatic heterocycles. The van der Waals surface area contributed by atoms with Gasteiger partial charge in [0.1, 0.15) is 30.0 Å². The summed E-state index contributed by atoms with van der Waals surface area (Å²) in [6.07, 6.45) is 4.40. The molecule has 3 aromatic carbocycles. The Bertz CT molecular complexity index is 1510. The predicted molar refractivity (Wildman–Crippen MR) is 152 cm³/mol. The summed E-state index contributed by atoms with van der Waals surface area (Å²) >= 11 is 0. The van der Waals surface area contributed by atoms with Gasteiger partial charge < -0.3 is 18.9 Å². The Morgan fingerprint density at radius 2 is 1.73 bits per heavy atom. The van der Waals surface area contributed by atoms with E-state index in [1.54, 1.807) is 0 Å². The molecule has 3 aromatic rings. The van der Waals surface area contributed by atoms with Crippen molar-refractivity contribution in [2.24, 2.45) is 0 Å². The SMILES string of the molecule is COC(=O)C[C@@H]1COc2cc(OCc3ccc4c(c3)-c3ccc(OC5CCS(=O)(=O)CC5)cc3CCC4)ccc21. The Labute approximate surface area is 235 Å². The Kier molecular flexibility index (Phi) is 7.45. The van der Waals surface area contributed by atoms with Crippen LogP contribution in [0.2, 0.25) is 0 Å². The van der Waals surface area contributed by atoms with E-state index in [9.17, 15) is 13.2 Å².